The van der Waals surface area contributed by atoms with Crippen molar-refractivity contribution >= 4 is 29.5 Å². The van der Waals surface area contributed by atoms with Crippen molar-refractivity contribution in [2.24, 2.45) is 11.1 Å². The summed E-state index contributed by atoms with van der Waals surface area (Å²) >= 11 is 1.19. The molecule has 10 heteroatoms. The highest BCUT2D eigenvalue weighted by molar-refractivity contribution is 7.99. The molecule has 1 aliphatic rings. The predicted molar refractivity (Wildman–Crippen MR) is 161 cm³/mol. The number of halogens is 2. The van der Waals surface area contributed by atoms with Gasteiger partial charge in [0.05, 0.1) is 17.7 Å². The average Bonchev–Trinajstić information content (AvgIpc) is 3.49. The maximum absolute atomic E-state index is 14.9. The highest BCUT2D eigenvalue weighted by Gasteiger charge is 2.37. The van der Waals surface area contributed by atoms with Gasteiger partial charge in [-0.1, -0.05) is 51.1 Å². The second-order valence-electron chi connectivity index (χ2n) is 11.3. The van der Waals surface area contributed by atoms with Gasteiger partial charge in [0.1, 0.15) is 11.6 Å². The largest absolute Gasteiger partial charge is 0.344 e. The fourth-order valence-electron chi connectivity index (χ4n) is 5.14. The van der Waals surface area contributed by atoms with Gasteiger partial charge in [0, 0.05) is 48.3 Å². The van der Waals surface area contributed by atoms with Crippen LogP contribution in [0, 0.1) is 17.0 Å². The number of carbonyl (C=O) groups is 3. The van der Waals surface area contributed by atoms with E-state index >= 15 is 0 Å². The van der Waals surface area contributed by atoms with Crippen molar-refractivity contribution in [1.82, 2.24) is 14.4 Å². The van der Waals surface area contributed by atoms with Crippen LogP contribution in [0.5, 0.6) is 0 Å². The number of thioether (sulfide) groups is 1. The first-order valence-corrected chi connectivity index (χ1v) is 15.0. The molecule has 1 aliphatic heterocycles. The van der Waals surface area contributed by atoms with Crippen LogP contribution in [0.2, 0.25) is 0 Å². The van der Waals surface area contributed by atoms with Crippen molar-refractivity contribution in [1.29, 1.82) is 0 Å². The number of hydrogen-bond acceptors (Lipinski definition) is 5. The summed E-state index contributed by atoms with van der Waals surface area (Å²) in [5, 5.41) is 0. The molecule has 0 fully saturated rings. The molecule has 0 saturated heterocycles. The number of nitrogens with two attached hydrogens (primary N) is 1. The molecule has 4 rings (SSSR count). The number of rotatable bonds is 12. The van der Waals surface area contributed by atoms with Gasteiger partial charge >= 0.3 is 0 Å². The van der Waals surface area contributed by atoms with E-state index in [2.05, 4.69) is 0 Å². The van der Waals surface area contributed by atoms with Crippen molar-refractivity contribution in [3.63, 3.8) is 0 Å². The summed E-state index contributed by atoms with van der Waals surface area (Å²) in [7, 11) is 0. The lowest BCUT2D eigenvalue weighted by Crippen LogP contribution is -2.44. The van der Waals surface area contributed by atoms with Crippen LogP contribution in [0.3, 0.4) is 0 Å². The number of hydrogen-bond donors (Lipinski definition) is 1. The molecule has 0 spiro atoms. The normalized spacial score (nSPS) is 14.1. The molecule has 2 heterocycles. The van der Waals surface area contributed by atoms with Crippen LogP contribution in [0.1, 0.15) is 44.5 Å². The van der Waals surface area contributed by atoms with Crippen molar-refractivity contribution < 1.29 is 23.2 Å². The molecule has 1 aromatic heterocycles. The zero-order valence-electron chi connectivity index (χ0n) is 24.1. The molecule has 42 heavy (non-hydrogen) atoms. The molecular formula is C32H36F2N4O3S. The summed E-state index contributed by atoms with van der Waals surface area (Å²) < 4.78 is 31.1. The smallest absolute Gasteiger partial charge is 0.254 e. The van der Waals surface area contributed by atoms with Gasteiger partial charge in [-0.25, -0.2) is 8.78 Å². The van der Waals surface area contributed by atoms with Crippen LogP contribution < -0.4 is 5.73 Å². The molecule has 3 amide bonds. The van der Waals surface area contributed by atoms with Gasteiger partial charge in [-0.3, -0.25) is 19.3 Å². The Labute approximate surface area is 249 Å². The molecule has 1 atom stereocenters. The van der Waals surface area contributed by atoms with Gasteiger partial charge in [-0.15, -0.1) is 11.8 Å². The standard InChI is InChI=1S/C32H36F2N4O3S/c1-32(2,3)31(37(15-7-14-35)30(41)20-42-21-38-28(39)12-13-29(38)40)27-16-23(25-17-24(33)10-11-26(25)34)19-36(27)18-22-8-5-4-6-9-22/h4-6,8-13,16-17,19,31H,7,14-15,18,20-21,35H2,1-3H3/t31-/m0/s1. The highest BCUT2D eigenvalue weighted by atomic mass is 32.2. The maximum Gasteiger partial charge on any atom is 0.254 e. The molecule has 0 aliphatic carbocycles. The zero-order chi connectivity index (χ0) is 30.4. The summed E-state index contributed by atoms with van der Waals surface area (Å²) in [6.07, 6.45) is 4.79. The van der Waals surface area contributed by atoms with Crippen LogP contribution in [0.15, 0.2) is 72.9 Å². The van der Waals surface area contributed by atoms with Crippen molar-refractivity contribution in [3.05, 3.63) is 95.8 Å². The Morgan fingerprint density at radius 3 is 2.36 bits per heavy atom. The number of aromatic nitrogens is 1. The van der Waals surface area contributed by atoms with E-state index in [4.69, 9.17) is 5.73 Å². The minimum Gasteiger partial charge on any atom is -0.344 e. The predicted octanol–water partition coefficient (Wildman–Crippen LogP) is 5.36. The number of benzene rings is 2. The van der Waals surface area contributed by atoms with Gasteiger partial charge in [0.15, 0.2) is 0 Å². The van der Waals surface area contributed by atoms with E-state index in [0.717, 1.165) is 28.3 Å². The van der Waals surface area contributed by atoms with Crippen LogP contribution in [-0.2, 0) is 20.9 Å². The number of nitrogens with zero attached hydrogens (tertiary/aromatic N) is 3. The van der Waals surface area contributed by atoms with E-state index in [1.807, 2.05) is 61.7 Å². The molecule has 0 saturated carbocycles. The Kier molecular flexibility index (Phi) is 10.0. The van der Waals surface area contributed by atoms with Crippen LogP contribution in [0.25, 0.3) is 11.1 Å². The topological polar surface area (TPSA) is 88.6 Å². The SMILES string of the molecule is CC(C)(C)[C@H](c1cc(-c2cc(F)ccc2F)cn1Cc1ccccc1)N(CCCN)C(=O)CSCN1C(=O)C=CC1=O. The van der Waals surface area contributed by atoms with Gasteiger partial charge in [-0.05, 0) is 48.2 Å². The fraction of sp³-hybridized carbons (Fsp3) is 0.344. The summed E-state index contributed by atoms with van der Waals surface area (Å²) in [5.41, 5.74) is 7.83. The molecule has 3 aromatic rings. The Balaban J connectivity index is 1.73. The fourth-order valence-corrected chi connectivity index (χ4v) is 6.01. The van der Waals surface area contributed by atoms with Crippen LogP contribution >= 0.6 is 11.8 Å². The second-order valence-corrected chi connectivity index (χ2v) is 12.3. The van der Waals surface area contributed by atoms with Crippen LogP contribution in [-0.4, -0.2) is 56.8 Å². The third-order valence-electron chi connectivity index (χ3n) is 7.05. The molecular weight excluding hydrogens is 558 g/mol. The summed E-state index contributed by atoms with van der Waals surface area (Å²) in [4.78, 5) is 40.6. The average molecular weight is 595 g/mol. The van der Waals surface area contributed by atoms with E-state index in [1.54, 1.807) is 11.1 Å². The first-order valence-electron chi connectivity index (χ1n) is 13.8. The monoisotopic (exact) mass is 594 g/mol. The third-order valence-corrected chi connectivity index (χ3v) is 7.94. The molecule has 2 aromatic carbocycles. The van der Waals surface area contributed by atoms with Crippen LogP contribution in [0.4, 0.5) is 8.78 Å². The second kappa shape index (κ2) is 13.5. The van der Waals surface area contributed by atoms with Crippen molar-refractivity contribution in [2.45, 2.75) is 39.8 Å². The highest BCUT2D eigenvalue weighted by Crippen LogP contribution is 2.41. The zero-order valence-corrected chi connectivity index (χ0v) is 24.9. The molecule has 222 valence electrons. The molecule has 0 radical (unpaired) electrons. The Morgan fingerprint density at radius 1 is 1.02 bits per heavy atom. The van der Waals surface area contributed by atoms with E-state index < -0.39 is 34.9 Å². The number of carbonyl (C=O) groups excluding carboxylic acids is 3. The van der Waals surface area contributed by atoms with Gasteiger partial charge in [0.2, 0.25) is 5.91 Å². The van der Waals surface area contributed by atoms with Gasteiger partial charge in [0.25, 0.3) is 11.8 Å². The minimum absolute atomic E-state index is 0.0407. The summed E-state index contributed by atoms with van der Waals surface area (Å²) in [6.45, 7) is 7.30. The molecule has 0 bridgehead atoms. The maximum atomic E-state index is 14.9. The Bertz CT molecular complexity index is 1450. The third kappa shape index (κ3) is 7.35. The first-order chi connectivity index (χ1) is 20.0. The Morgan fingerprint density at radius 2 is 1.71 bits per heavy atom. The van der Waals surface area contributed by atoms with Crippen molar-refractivity contribution in [3.8, 4) is 11.1 Å². The lowest BCUT2D eigenvalue weighted by molar-refractivity contribution is -0.136. The minimum atomic E-state index is -0.543. The quantitative estimate of drug-likeness (QED) is 0.285. The lowest BCUT2D eigenvalue weighted by atomic mass is 9.83. The van der Waals surface area contributed by atoms with E-state index in [1.165, 1.54) is 30.0 Å². The van der Waals surface area contributed by atoms with Gasteiger partial charge in [-0.2, -0.15) is 0 Å². The Hall–Kier alpha value is -3.76. The number of amides is 3. The van der Waals surface area contributed by atoms with E-state index in [-0.39, 0.29) is 23.1 Å². The first kappa shape index (κ1) is 31.2. The molecule has 2 N–H and O–H groups in total. The molecule has 0 unspecified atom stereocenters. The van der Waals surface area contributed by atoms with Crippen molar-refractivity contribution in [2.75, 3.05) is 24.7 Å². The summed E-state index contributed by atoms with van der Waals surface area (Å²) in [5.74, 6) is -1.95. The van der Waals surface area contributed by atoms with Gasteiger partial charge < -0.3 is 15.2 Å². The molecule has 7 nitrogen and oxygen atoms in total. The lowest BCUT2D eigenvalue weighted by Gasteiger charge is -2.41. The van der Waals surface area contributed by atoms with E-state index in [9.17, 15) is 23.2 Å². The number of imide groups is 1. The summed E-state index contributed by atoms with van der Waals surface area (Å²) in [6, 6.07) is 14.5. The van der Waals surface area contributed by atoms with E-state index in [0.29, 0.717) is 31.6 Å².